The Bertz CT molecular complexity index is 547. The normalized spacial score (nSPS) is 17.8. The molecule has 0 radical (unpaired) electrons. The molecule has 1 fully saturated rings. The van der Waals surface area contributed by atoms with E-state index in [-0.39, 0.29) is 17.5 Å². The van der Waals surface area contributed by atoms with Crippen molar-refractivity contribution in [2.24, 2.45) is 11.7 Å². The monoisotopic (exact) mass is 292 g/mol. The topological polar surface area (TPSA) is 102 Å². The van der Waals surface area contributed by atoms with Crippen molar-refractivity contribution < 1.29 is 9.72 Å². The van der Waals surface area contributed by atoms with Crippen LogP contribution in [0, 0.1) is 16.0 Å². The first-order chi connectivity index (χ1) is 10.0. The van der Waals surface area contributed by atoms with Crippen LogP contribution in [0.15, 0.2) is 18.2 Å². The van der Waals surface area contributed by atoms with E-state index in [9.17, 15) is 14.9 Å². The second kappa shape index (κ2) is 6.43. The molecular weight excluding hydrogens is 272 g/mol. The van der Waals surface area contributed by atoms with Crippen molar-refractivity contribution in [2.45, 2.75) is 19.8 Å². The van der Waals surface area contributed by atoms with Gasteiger partial charge in [-0.1, -0.05) is 6.92 Å². The Balaban J connectivity index is 2.23. The number of amides is 1. The Hall–Kier alpha value is -2.31. The number of anilines is 2. The van der Waals surface area contributed by atoms with E-state index in [0.717, 1.165) is 24.3 Å². The molecule has 1 unspecified atom stereocenters. The van der Waals surface area contributed by atoms with Gasteiger partial charge in [-0.05, 0) is 18.9 Å². The van der Waals surface area contributed by atoms with Gasteiger partial charge in [0.05, 0.1) is 10.8 Å². The van der Waals surface area contributed by atoms with Crippen LogP contribution in [0.3, 0.4) is 0 Å². The van der Waals surface area contributed by atoms with Crippen molar-refractivity contribution in [1.29, 1.82) is 0 Å². The maximum Gasteiger partial charge on any atom is 0.273 e. The molecule has 1 saturated heterocycles. The summed E-state index contributed by atoms with van der Waals surface area (Å²) in [6.45, 7) is 3.99. The van der Waals surface area contributed by atoms with E-state index in [1.165, 1.54) is 6.07 Å². The Labute approximate surface area is 123 Å². The van der Waals surface area contributed by atoms with Gasteiger partial charge in [-0.25, -0.2) is 0 Å². The molecule has 3 N–H and O–H groups in total. The summed E-state index contributed by atoms with van der Waals surface area (Å²) in [7, 11) is 0. The first kappa shape index (κ1) is 15.1. The molecule has 114 valence electrons. The van der Waals surface area contributed by atoms with Crippen molar-refractivity contribution in [3.05, 3.63) is 28.3 Å². The van der Waals surface area contributed by atoms with Crippen LogP contribution in [0.1, 0.15) is 19.8 Å². The summed E-state index contributed by atoms with van der Waals surface area (Å²) < 4.78 is 0. The van der Waals surface area contributed by atoms with Gasteiger partial charge in [-0.3, -0.25) is 14.9 Å². The number of non-ortho nitro benzene ring substituents is 1. The predicted molar refractivity (Wildman–Crippen MR) is 81.4 cm³/mol. The largest absolute Gasteiger partial charge is 0.385 e. The molecule has 2 rings (SSSR count). The van der Waals surface area contributed by atoms with Gasteiger partial charge in [0.15, 0.2) is 0 Å². The molecule has 1 aliphatic heterocycles. The van der Waals surface area contributed by atoms with Crippen molar-refractivity contribution in [3.8, 4) is 0 Å². The molecule has 7 nitrogen and oxygen atoms in total. The molecule has 0 aliphatic carbocycles. The number of nitrogens with one attached hydrogen (secondary N) is 1. The minimum atomic E-state index is -0.401. The summed E-state index contributed by atoms with van der Waals surface area (Å²) in [6.07, 6.45) is 1.63. The molecule has 1 aromatic carbocycles. The first-order valence-electron chi connectivity index (χ1n) is 7.09. The summed E-state index contributed by atoms with van der Waals surface area (Å²) >= 11 is 0. The molecule has 0 aromatic heterocycles. The van der Waals surface area contributed by atoms with Crippen molar-refractivity contribution >= 4 is 23.0 Å². The number of nitrogens with zero attached hydrogens (tertiary/aromatic N) is 2. The number of primary amides is 1. The molecular formula is C14H20N4O3. The number of hydrogen-bond acceptors (Lipinski definition) is 5. The van der Waals surface area contributed by atoms with Crippen LogP contribution in [0.5, 0.6) is 0 Å². The van der Waals surface area contributed by atoms with Gasteiger partial charge < -0.3 is 16.0 Å². The standard InChI is InChI=1S/C14H20N4O3/c1-2-4-16-11-6-12(8-13(7-11)18(20)21)17-5-3-10(9-17)14(15)19/h6-8,10,16H,2-5,9H2,1H3,(H2,15,19). The molecule has 1 aromatic rings. The number of carbonyl (C=O) groups excluding carboxylic acids is 1. The highest BCUT2D eigenvalue weighted by molar-refractivity contribution is 5.78. The summed E-state index contributed by atoms with van der Waals surface area (Å²) in [4.78, 5) is 23.9. The number of nitro benzene ring substituents is 1. The number of carbonyl (C=O) groups is 1. The number of benzene rings is 1. The Morgan fingerprint density at radius 3 is 2.86 bits per heavy atom. The van der Waals surface area contributed by atoms with E-state index in [2.05, 4.69) is 5.32 Å². The first-order valence-corrected chi connectivity index (χ1v) is 7.09. The van der Waals surface area contributed by atoms with E-state index in [1.54, 1.807) is 6.07 Å². The molecule has 21 heavy (non-hydrogen) atoms. The Morgan fingerprint density at radius 1 is 1.52 bits per heavy atom. The fraction of sp³-hybridized carbons (Fsp3) is 0.500. The van der Waals surface area contributed by atoms with E-state index < -0.39 is 4.92 Å². The summed E-state index contributed by atoms with van der Waals surface area (Å²) in [6, 6.07) is 4.95. The third-order valence-electron chi connectivity index (χ3n) is 3.65. The van der Waals surface area contributed by atoms with Crippen LogP contribution in [0.25, 0.3) is 0 Å². The molecule has 7 heteroatoms. The van der Waals surface area contributed by atoms with Gasteiger partial charge in [0, 0.05) is 43.1 Å². The number of rotatable bonds is 6. The quantitative estimate of drug-likeness (QED) is 0.614. The van der Waals surface area contributed by atoms with E-state index in [4.69, 9.17) is 5.73 Å². The average Bonchev–Trinajstić information content (AvgIpc) is 2.94. The lowest BCUT2D eigenvalue weighted by atomic mass is 10.1. The fourth-order valence-electron chi connectivity index (χ4n) is 2.48. The minimum Gasteiger partial charge on any atom is -0.385 e. The molecule has 1 amide bonds. The van der Waals surface area contributed by atoms with Crippen LogP contribution in [0.2, 0.25) is 0 Å². The zero-order valence-corrected chi connectivity index (χ0v) is 12.0. The van der Waals surface area contributed by atoms with Crippen molar-refractivity contribution in [2.75, 3.05) is 29.9 Å². The zero-order chi connectivity index (χ0) is 15.4. The molecule has 1 atom stereocenters. The van der Waals surface area contributed by atoms with Crippen LogP contribution in [0.4, 0.5) is 17.1 Å². The highest BCUT2D eigenvalue weighted by Crippen LogP contribution is 2.30. The van der Waals surface area contributed by atoms with E-state index in [1.807, 2.05) is 17.9 Å². The maximum absolute atomic E-state index is 11.2. The highest BCUT2D eigenvalue weighted by atomic mass is 16.6. The smallest absolute Gasteiger partial charge is 0.273 e. The number of hydrogen-bond donors (Lipinski definition) is 2. The molecule has 0 bridgehead atoms. The van der Waals surface area contributed by atoms with Gasteiger partial charge in [-0.15, -0.1) is 0 Å². The minimum absolute atomic E-state index is 0.0497. The van der Waals surface area contributed by atoms with Crippen LogP contribution in [-0.2, 0) is 4.79 Å². The highest BCUT2D eigenvalue weighted by Gasteiger charge is 2.27. The molecule has 1 aliphatic rings. The van der Waals surface area contributed by atoms with Crippen LogP contribution >= 0.6 is 0 Å². The maximum atomic E-state index is 11.2. The number of nitro groups is 1. The summed E-state index contributed by atoms with van der Waals surface area (Å²) in [5, 5.41) is 14.2. The van der Waals surface area contributed by atoms with Crippen molar-refractivity contribution in [3.63, 3.8) is 0 Å². The lowest BCUT2D eigenvalue weighted by Gasteiger charge is -2.19. The fourth-order valence-corrected chi connectivity index (χ4v) is 2.48. The molecule has 1 heterocycles. The third-order valence-corrected chi connectivity index (χ3v) is 3.65. The Morgan fingerprint density at radius 2 is 2.29 bits per heavy atom. The van der Waals surface area contributed by atoms with Gasteiger partial charge in [0.1, 0.15) is 0 Å². The summed E-state index contributed by atoms with van der Waals surface area (Å²) in [5.41, 5.74) is 6.86. The lowest BCUT2D eigenvalue weighted by Crippen LogP contribution is -2.27. The SMILES string of the molecule is CCCNc1cc(N2CCC(C(N)=O)C2)cc([N+](=O)[O-])c1. The van der Waals surface area contributed by atoms with E-state index >= 15 is 0 Å². The number of nitrogens with two attached hydrogens (primary N) is 1. The predicted octanol–water partition coefficient (Wildman–Crippen LogP) is 1.73. The van der Waals surface area contributed by atoms with E-state index in [0.29, 0.717) is 19.5 Å². The Kier molecular flexibility index (Phi) is 4.62. The van der Waals surface area contributed by atoms with Crippen molar-refractivity contribution in [1.82, 2.24) is 0 Å². The molecule has 0 spiro atoms. The van der Waals surface area contributed by atoms with Crippen LogP contribution in [-0.4, -0.2) is 30.5 Å². The average molecular weight is 292 g/mol. The van der Waals surface area contributed by atoms with Gasteiger partial charge in [0.25, 0.3) is 5.69 Å². The second-order valence-corrected chi connectivity index (χ2v) is 5.26. The lowest BCUT2D eigenvalue weighted by molar-refractivity contribution is -0.384. The summed E-state index contributed by atoms with van der Waals surface area (Å²) in [5.74, 6) is -0.497. The zero-order valence-electron chi connectivity index (χ0n) is 12.0. The molecule has 0 saturated carbocycles. The third kappa shape index (κ3) is 3.62. The van der Waals surface area contributed by atoms with Gasteiger partial charge in [-0.2, -0.15) is 0 Å². The van der Waals surface area contributed by atoms with Gasteiger partial charge >= 0.3 is 0 Å². The second-order valence-electron chi connectivity index (χ2n) is 5.26. The van der Waals surface area contributed by atoms with Crippen LogP contribution < -0.4 is 16.0 Å². The van der Waals surface area contributed by atoms with Gasteiger partial charge in [0.2, 0.25) is 5.91 Å².